The molecule has 1 saturated heterocycles. The number of Topliss-reactive ketones (excluding diaryl/α,β-unsaturated/α-hetero) is 1. The highest BCUT2D eigenvalue weighted by atomic mass is 16.5. The van der Waals surface area contributed by atoms with Crippen LogP contribution in [0.5, 0.6) is 5.75 Å². The topological polar surface area (TPSA) is 83.0 Å². The molecule has 32 heavy (non-hydrogen) atoms. The number of pyridine rings is 1. The number of ketones is 1. The molecule has 3 rings (SSSR count). The number of rotatable bonds is 9. The fraction of sp³-hybridized carbons (Fsp3) is 0.400. The summed E-state index contributed by atoms with van der Waals surface area (Å²) in [6.45, 7) is 5.90. The molecule has 1 fully saturated rings. The van der Waals surface area contributed by atoms with Crippen LogP contribution in [0.4, 0.5) is 0 Å². The van der Waals surface area contributed by atoms with Crippen molar-refractivity contribution >= 4 is 17.4 Å². The highest BCUT2D eigenvalue weighted by Crippen LogP contribution is 2.39. The number of aliphatic hydroxyl groups excluding tert-OH is 1. The Morgan fingerprint density at radius 2 is 1.91 bits per heavy atom. The van der Waals surface area contributed by atoms with E-state index in [1.165, 1.54) is 4.90 Å². The van der Waals surface area contributed by atoms with Crippen LogP contribution < -0.4 is 4.74 Å². The Hall–Kier alpha value is -3.19. The van der Waals surface area contributed by atoms with Crippen LogP contribution in [-0.4, -0.2) is 65.4 Å². The molecule has 1 amide bonds. The highest BCUT2D eigenvalue weighted by molar-refractivity contribution is 6.46. The second-order valence-electron chi connectivity index (χ2n) is 8.66. The van der Waals surface area contributed by atoms with Gasteiger partial charge in [-0.15, -0.1) is 0 Å². The molecule has 1 aromatic heterocycles. The molecule has 0 saturated carbocycles. The maximum atomic E-state index is 13.0. The number of benzene rings is 1. The summed E-state index contributed by atoms with van der Waals surface area (Å²) in [6.07, 6.45) is 3.97. The number of hydrogen-bond donors (Lipinski definition) is 1. The summed E-state index contributed by atoms with van der Waals surface area (Å²) >= 11 is 0. The van der Waals surface area contributed by atoms with Crippen molar-refractivity contribution in [2.75, 3.05) is 33.8 Å². The zero-order valence-electron chi connectivity index (χ0n) is 19.1. The van der Waals surface area contributed by atoms with Gasteiger partial charge in [-0.05, 0) is 68.9 Å². The minimum absolute atomic E-state index is 0.0868. The molecule has 1 aliphatic heterocycles. The molecule has 1 atom stereocenters. The Morgan fingerprint density at radius 1 is 1.19 bits per heavy atom. The molecule has 7 nitrogen and oxygen atoms in total. The summed E-state index contributed by atoms with van der Waals surface area (Å²) in [5.74, 6) is -0.394. The summed E-state index contributed by atoms with van der Waals surface area (Å²) in [6, 6.07) is 9.81. The van der Waals surface area contributed by atoms with Crippen LogP contribution >= 0.6 is 0 Å². The predicted molar refractivity (Wildman–Crippen MR) is 123 cm³/mol. The number of aliphatic hydroxyl groups is 1. The van der Waals surface area contributed by atoms with E-state index in [9.17, 15) is 14.7 Å². The summed E-state index contributed by atoms with van der Waals surface area (Å²) in [4.78, 5) is 33.6. The maximum Gasteiger partial charge on any atom is 0.295 e. The van der Waals surface area contributed by atoms with Crippen LogP contribution in [0.25, 0.3) is 5.76 Å². The van der Waals surface area contributed by atoms with E-state index in [4.69, 9.17) is 4.74 Å². The molecule has 2 heterocycles. The van der Waals surface area contributed by atoms with Gasteiger partial charge < -0.3 is 19.6 Å². The second-order valence-corrected chi connectivity index (χ2v) is 8.66. The minimum Gasteiger partial charge on any atom is -0.507 e. The van der Waals surface area contributed by atoms with Crippen molar-refractivity contribution in [2.45, 2.75) is 26.3 Å². The van der Waals surface area contributed by atoms with Crippen LogP contribution in [-0.2, 0) is 9.59 Å². The van der Waals surface area contributed by atoms with Crippen LogP contribution in [0, 0.1) is 5.92 Å². The van der Waals surface area contributed by atoms with E-state index in [1.807, 2.05) is 25.1 Å². The summed E-state index contributed by atoms with van der Waals surface area (Å²) < 4.78 is 5.70. The Labute approximate surface area is 189 Å². The van der Waals surface area contributed by atoms with Crippen molar-refractivity contribution < 1.29 is 19.4 Å². The van der Waals surface area contributed by atoms with Gasteiger partial charge in [0.2, 0.25) is 0 Å². The van der Waals surface area contributed by atoms with E-state index in [1.54, 1.807) is 42.7 Å². The monoisotopic (exact) mass is 437 g/mol. The third-order valence-electron chi connectivity index (χ3n) is 5.26. The SMILES string of the molecule is CC(C)COc1ccc(C(O)=C2C(=O)C(=O)N(CCCN(C)C)[C@@H]2c2cccnc2)cc1. The zero-order chi connectivity index (χ0) is 23.3. The van der Waals surface area contributed by atoms with Crippen molar-refractivity contribution in [1.82, 2.24) is 14.8 Å². The first kappa shape index (κ1) is 23.5. The van der Waals surface area contributed by atoms with E-state index in [0.29, 0.717) is 42.4 Å². The fourth-order valence-electron chi connectivity index (χ4n) is 3.68. The number of amides is 1. The third-order valence-corrected chi connectivity index (χ3v) is 5.26. The average molecular weight is 438 g/mol. The van der Waals surface area contributed by atoms with Gasteiger partial charge in [0.25, 0.3) is 11.7 Å². The Bertz CT molecular complexity index is 968. The van der Waals surface area contributed by atoms with Crippen molar-refractivity contribution in [3.05, 3.63) is 65.5 Å². The molecular weight excluding hydrogens is 406 g/mol. The lowest BCUT2D eigenvalue weighted by molar-refractivity contribution is -0.139. The van der Waals surface area contributed by atoms with E-state index >= 15 is 0 Å². The van der Waals surface area contributed by atoms with Crippen molar-refractivity contribution in [3.63, 3.8) is 0 Å². The molecule has 1 N–H and O–H groups in total. The highest BCUT2D eigenvalue weighted by Gasteiger charge is 2.45. The van der Waals surface area contributed by atoms with Gasteiger partial charge in [-0.1, -0.05) is 19.9 Å². The van der Waals surface area contributed by atoms with Crippen LogP contribution in [0.3, 0.4) is 0 Å². The first-order chi connectivity index (χ1) is 15.3. The normalized spacial score (nSPS) is 18.1. The number of aromatic nitrogens is 1. The smallest absolute Gasteiger partial charge is 0.295 e. The van der Waals surface area contributed by atoms with E-state index < -0.39 is 17.7 Å². The summed E-state index contributed by atoms with van der Waals surface area (Å²) in [7, 11) is 3.92. The van der Waals surface area contributed by atoms with Gasteiger partial charge in [0, 0.05) is 24.5 Å². The van der Waals surface area contributed by atoms with Gasteiger partial charge in [-0.2, -0.15) is 0 Å². The Morgan fingerprint density at radius 3 is 2.50 bits per heavy atom. The fourth-order valence-corrected chi connectivity index (χ4v) is 3.68. The molecule has 0 aliphatic carbocycles. The molecule has 0 spiro atoms. The van der Waals surface area contributed by atoms with Gasteiger partial charge in [0.1, 0.15) is 11.5 Å². The number of carbonyl (C=O) groups is 2. The van der Waals surface area contributed by atoms with Gasteiger partial charge in [0.05, 0.1) is 18.2 Å². The molecule has 1 aromatic carbocycles. The predicted octanol–water partition coefficient (Wildman–Crippen LogP) is 3.49. The lowest BCUT2D eigenvalue weighted by Gasteiger charge is -2.25. The van der Waals surface area contributed by atoms with E-state index in [0.717, 1.165) is 6.54 Å². The van der Waals surface area contributed by atoms with Gasteiger partial charge >= 0.3 is 0 Å². The molecule has 1 aliphatic rings. The lowest BCUT2D eigenvalue weighted by atomic mass is 9.96. The minimum atomic E-state index is -0.679. The number of carbonyl (C=O) groups excluding carboxylic acids is 2. The summed E-state index contributed by atoms with van der Waals surface area (Å²) in [5.41, 5.74) is 1.24. The zero-order valence-corrected chi connectivity index (χ0v) is 19.1. The molecule has 170 valence electrons. The molecule has 0 unspecified atom stereocenters. The first-order valence-electron chi connectivity index (χ1n) is 10.9. The number of ether oxygens (including phenoxy) is 1. The van der Waals surface area contributed by atoms with E-state index in [2.05, 4.69) is 18.8 Å². The van der Waals surface area contributed by atoms with Crippen molar-refractivity contribution in [2.24, 2.45) is 5.92 Å². The average Bonchev–Trinajstić information content (AvgIpc) is 3.03. The lowest BCUT2D eigenvalue weighted by Crippen LogP contribution is -2.32. The third kappa shape index (κ3) is 5.34. The van der Waals surface area contributed by atoms with Crippen molar-refractivity contribution in [3.8, 4) is 5.75 Å². The van der Waals surface area contributed by atoms with E-state index in [-0.39, 0.29) is 11.3 Å². The molecule has 7 heteroatoms. The molecule has 0 bridgehead atoms. The maximum absolute atomic E-state index is 13.0. The van der Waals surface area contributed by atoms with Gasteiger partial charge in [-0.25, -0.2) is 0 Å². The second kappa shape index (κ2) is 10.4. The first-order valence-corrected chi connectivity index (χ1v) is 10.9. The Kier molecular flexibility index (Phi) is 7.64. The number of nitrogens with zero attached hydrogens (tertiary/aromatic N) is 3. The molecule has 2 aromatic rings. The van der Waals surface area contributed by atoms with Crippen LogP contribution in [0.15, 0.2) is 54.4 Å². The largest absolute Gasteiger partial charge is 0.507 e. The number of likely N-dealkylation sites (tertiary alicyclic amines) is 1. The quantitative estimate of drug-likeness (QED) is 0.367. The van der Waals surface area contributed by atoms with Gasteiger partial charge in [0.15, 0.2) is 0 Å². The molecular formula is C25H31N3O4. The standard InChI is InChI=1S/C25H31N3O4/c1-17(2)16-32-20-10-8-18(9-11-20)23(29)21-22(19-7-5-12-26-15-19)28(25(31)24(21)30)14-6-13-27(3)4/h5,7-12,15,17,22,29H,6,13-14,16H2,1-4H3/t22-/m1/s1. The van der Waals surface area contributed by atoms with Crippen LogP contribution in [0.2, 0.25) is 0 Å². The van der Waals surface area contributed by atoms with Gasteiger partial charge in [-0.3, -0.25) is 14.6 Å². The number of hydrogen-bond acceptors (Lipinski definition) is 6. The van der Waals surface area contributed by atoms with Crippen molar-refractivity contribution in [1.29, 1.82) is 0 Å². The van der Waals surface area contributed by atoms with Crippen LogP contribution in [0.1, 0.15) is 37.4 Å². The summed E-state index contributed by atoms with van der Waals surface area (Å²) in [5, 5.41) is 11.1. The molecule has 0 radical (unpaired) electrons. The Balaban J connectivity index is 1.96.